The van der Waals surface area contributed by atoms with E-state index in [-0.39, 0.29) is 18.4 Å². The van der Waals surface area contributed by atoms with Gasteiger partial charge >= 0.3 is 6.16 Å². The average Bonchev–Trinajstić information content (AvgIpc) is 2.72. The first-order chi connectivity index (χ1) is 14.5. The van der Waals surface area contributed by atoms with E-state index in [0.29, 0.717) is 43.7 Å². The molecule has 0 aliphatic heterocycles. The average molecular weight is 477 g/mol. The van der Waals surface area contributed by atoms with E-state index < -0.39 is 6.16 Å². The summed E-state index contributed by atoms with van der Waals surface area (Å²) in [7, 11) is 0. The summed E-state index contributed by atoms with van der Waals surface area (Å²) < 4.78 is 10.6. The smallest absolute Gasteiger partial charge is 0.434 e. The van der Waals surface area contributed by atoms with Gasteiger partial charge in [-0.25, -0.2) is 4.79 Å². The van der Waals surface area contributed by atoms with Crippen molar-refractivity contribution in [2.45, 2.75) is 26.2 Å². The van der Waals surface area contributed by atoms with E-state index in [1.165, 1.54) is 12.1 Å². The second kappa shape index (κ2) is 12.6. The van der Waals surface area contributed by atoms with Crippen LogP contribution in [0.1, 0.15) is 35.7 Å². The van der Waals surface area contributed by atoms with Crippen LogP contribution in [0.4, 0.5) is 4.79 Å². The Labute approximate surface area is 184 Å². The highest BCUT2D eigenvalue weighted by Gasteiger charge is 2.08. The van der Waals surface area contributed by atoms with Gasteiger partial charge in [-0.15, -0.1) is 0 Å². The molecule has 0 bridgehead atoms. The lowest BCUT2D eigenvalue weighted by atomic mass is 10.1. The van der Waals surface area contributed by atoms with Gasteiger partial charge in [-0.2, -0.15) is 0 Å². The maximum atomic E-state index is 12.1. The zero-order valence-electron chi connectivity index (χ0n) is 16.8. The highest BCUT2D eigenvalue weighted by Crippen LogP contribution is 2.14. The number of hydrogen-bond donors (Lipinski definition) is 2. The molecule has 2 N–H and O–H groups in total. The van der Waals surface area contributed by atoms with Crippen LogP contribution < -0.4 is 15.4 Å². The van der Waals surface area contributed by atoms with Crippen molar-refractivity contribution in [3.05, 3.63) is 64.1 Å². The van der Waals surface area contributed by atoms with Crippen LogP contribution >= 0.6 is 15.9 Å². The largest absolute Gasteiger partial charge is 0.513 e. The first-order valence-corrected chi connectivity index (χ1v) is 10.5. The number of carbonyl (C=O) groups excluding carboxylic acids is 3. The number of ether oxygens (including phenoxy) is 2. The Bertz CT molecular complexity index is 855. The van der Waals surface area contributed by atoms with Crippen molar-refractivity contribution >= 4 is 33.9 Å². The normalized spacial score (nSPS) is 10.2. The monoisotopic (exact) mass is 476 g/mol. The molecule has 0 aliphatic carbocycles. The molecule has 0 heterocycles. The maximum Gasteiger partial charge on any atom is 0.513 e. The van der Waals surface area contributed by atoms with Crippen LogP contribution in [-0.2, 0) is 16.0 Å². The number of carbonyl (C=O) groups is 3. The van der Waals surface area contributed by atoms with Crippen LogP contribution in [0.2, 0.25) is 0 Å². The molecule has 2 rings (SSSR count). The Morgan fingerprint density at radius 3 is 2.43 bits per heavy atom. The van der Waals surface area contributed by atoms with Crippen LogP contribution in [0.25, 0.3) is 0 Å². The fraction of sp³-hybridized carbons (Fsp3) is 0.318. The lowest BCUT2D eigenvalue weighted by Gasteiger charge is -2.08. The van der Waals surface area contributed by atoms with E-state index in [2.05, 4.69) is 31.3 Å². The molecule has 2 amide bonds. The van der Waals surface area contributed by atoms with E-state index >= 15 is 0 Å². The molecular formula is C22H25BrN2O5. The summed E-state index contributed by atoms with van der Waals surface area (Å²) in [6.07, 6.45) is 0.938. The minimum absolute atomic E-state index is 0.0153. The topological polar surface area (TPSA) is 93.7 Å². The molecule has 0 saturated carbocycles. The quantitative estimate of drug-likeness (QED) is 0.308. The van der Waals surface area contributed by atoms with Gasteiger partial charge < -0.3 is 20.1 Å². The molecule has 0 radical (unpaired) electrons. The molecule has 0 unspecified atom stereocenters. The third-order valence-corrected chi connectivity index (χ3v) is 4.56. The Kier molecular flexibility index (Phi) is 9.86. The first-order valence-electron chi connectivity index (χ1n) is 9.72. The molecule has 0 aromatic heterocycles. The number of benzene rings is 2. The Morgan fingerprint density at radius 1 is 1.00 bits per heavy atom. The summed E-state index contributed by atoms with van der Waals surface area (Å²) in [5, 5.41) is 5.64. The van der Waals surface area contributed by atoms with Crippen LogP contribution in [0.5, 0.6) is 5.75 Å². The summed E-state index contributed by atoms with van der Waals surface area (Å²) in [5.74, 6) is 0.0488. The molecule has 2 aromatic rings. The first kappa shape index (κ1) is 23.4. The number of amides is 2. The van der Waals surface area contributed by atoms with Crippen molar-refractivity contribution in [1.82, 2.24) is 10.6 Å². The van der Waals surface area contributed by atoms with Crippen LogP contribution in [-0.4, -0.2) is 37.7 Å². The number of nitrogens with one attached hydrogen (secondary N) is 2. The minimum Gasteiger partial charge on any atom is -0.434 e. The third-order valence-electron chi connectivity index (χ3n) is 4.07. The van der Waals surface area contributed by atoms with E-state index in [9.17, 15) is 14.4 Å². The van der Waals surface area contributed by atoms with E-state index in [1.807, 2.05) is 24.3 Å². The predicted octanol–water partition coefficient (Wildman–Crippen LogP) is 3.85. The van der Waals surface area contributed by atoms with Crippen molar-refractivity contribution in [3.8, 4) is 5.75 Å². The van der Waals surface area contributed by atoms with Crippen molar-refractivity contribution < 1.29 is 23.9 Å². The Hall–Kier alpha value is -2.87. The summed E-state index contributed by atoms with van der Waals surface area (Å²) in [4.78, 5) is 35.3. The number of rotatable bonds is 10. The lowest BCUT2D eigenvalue weighted by molar-refractivity contribution is -0.121. The van der Waals surface area contributed by atoms with Gasteiger partial charge in [0.25, 0.3) is 5.91 Å². The van der Waals surface area contributed by atoms with Crippen molar-refractivity contribution in [2.24, 2.45) is 0 Å². The van der Waals surface area contributed by atoms with Gasteiger partial charge in [0.1, 0.15) is 5.75 Å². The van der Waals surface area contributed by atoms with E-state index in [4.69, 9.17) is 4.74 Å². The molecule has 0 aliphatic rings. The second-order valence-electron chi connectivity index (χ2n) is 6.40. The van der Waals surface area contributed by atoms with Gasteiger partial charge in [-0.1, -0.05) is 28.1 Å². The Balaban J connectivity index is 1.61. The van der Waals surface area contributed by atoms with Crippen LogP contribution in [0, 0.1) is 0 Å². The fourth-order valence-electron chi connectivity index (χ4n) is 2.58. The van der Waals surface area contributed by atoms with Crippen molar-refractivity contribution in [1.29, 1.82) is 0 Å². The SMILES string of the molecule is CCOC(=O)Oc1ccc(C(=O)NCCCNC(=O)CCc2cccc(Br)c2)cc1. The van der Waals surface area contributed by atoms with Crippen molar-refractivity contribution in [3.63, 3.8) is 0 Å². The van der Waals surface area contributed by atoms with E-state index in [0.717, 1.165) is 10.0 Å². The fourth-order valence-corrected chi connectivity index (χ4v) is 3.02. The molecule has 0 fully saturated rings. The zero-order chi connectivity index (χ0) is 21.8. The molecule has 0 atom stereocenters. The van der Waals surface area contributed by atoms with Gasteiger partial charge in [0.15, 0.2) is 0 Å². The summed E-state index contributed by atoms with van der Waals surface area (Å²) >= 11 is 3.42. The van der Waals surface area contributed by atoms with Crippen molar-refractivity contribution in [2.75, 3.05) is 19.7 Å². The van der Waals surface area contributed by atoms with E-state index in [1.54, 1.807) is 19.1 Å². The summed E-state index contributed by atoms with van der Waals surface area (Å²) in [6, 6.07) is 14.1. The lowest BCUT2D eigenvalue weighted by Crippen LogP contribution is -2.30. The Morgan fingerprint density at radius 2 is 1.73 bits per heavy atom. The molecule has 0 saturated heterocycles. The van der Waals surface area contributed by atoms with Gasteiger partial charge in [0.2, 0.25) is 5.91 Å². The van der Waals surface area contributed by atoms with Gasteiger partial charge in [-0.05, 0) is 61.7 Å². The highest BCUT2D eigenvalue weighted by molar-refractivity contribution is 9.10. The molecule has 7 nitrogen and oxygen atoms in total. The molecule has 8 heteroatoms. The maximum absolute atomic E-state index is 12.1. The summed E-state index contributed by atoms with van der Waals surface area (Å²) in [5.41, 5.74) is 1.55. The molecule has 160 valence electrons. The molecule has 30 heavy (non-hydrogen) atoms. The molecular weight excluding hydrogens is 452 g/mol. The zero-order valence-corrected chi connectivity index (χ0v) is 18.4. The predicted molar refractivity (Wildman–Crippen MR) is 117 cm³/mol. The number of aryl methyl sites for hydroxylation is 1. The van der Waals surface area contributed by atoms with Gasteiger partial charge in [0.05, 0.1) is 6.61 Å². The van der Waals surface area contributed by atoms with Crippen LogP contribution in [0.15, 0.2) is 53.0 Å². The standard InChI is InChI=1S/C22H25BrN2O5/c1-2-29-22(28)30-19-10-8-17(9-11-19)21(27)25-14-4-13-24-20(26)12-7-16-5-3-6-18(23)15-16/h3,5-6,8-11,15H,2,4,7,12-14H2,1H3,(H,24,26)(H,25,27). The minimum atomic E-state index is -0.784. The third kappa shape index (κ3) is 8.65. The van der Waals surface area contributed by atoms with Gasteiger partial charge in [-0.3, -0.25) is 9.59 Å². The molecule has 2 aromatic carbocycles. The van der Waals surface area contributed by atoms with Gasteiger partial charge in [0, 0.05) is 29.5 Å². The second-order valence-corrected chi connectivity index (χ2v) is 7.31. The number of halogens is 1. The number of hydrogen-bond acceptors (Lipinski definition) is 5. The molecule has 0 spiro atoms. The highest BCUT2D eigenvalue weighted by atomic mass is 79.9. The summed E-state index contributed by atoms with van der Waals surface area (Å²) in [6.45, 7) is 2.84. The van der Waals surface area contributed by atoms with Crippen LogP contribution in [0.3, 0.4) is 0 Å².